The first-order valence-electron chi connectivity index (χ1n) is 8.16. The molecular weight excluding hydrogens is 348 g/mol. The van der Waals surface area contributed by atoms with E-state index in [2.05, 4.69) is 15.3 Å². The molecule has 8 heteroatoms. The summed E-state index contributed by atoms with van der Waals surface area (Å²) < 4.78 is 12.1. The molecule has 2 aromatic heterocycles. The Labute approximate surface area is 156 Å². The van der Waals surface area contributed by atoms with Gasteiger partial charge in [-0.15, -0.1) is 0 Å². The molecule has 0 aliphatic carbocycles. The predicted octanol–water partition coefficient (Wildman–Crippen LogP) is 3.16. The number of nitrogens with one attached hydrogen (secondary N) is 1. The zero-order valence-corrected chi connectivity index (χ0v) is 15.5. The Kier molecular flexibility index (Phi) is 4.98. The maximum atomic E-state index is 11.1. The number of methoxy groups -OCH3 is 2. The molecule has 0 bridgehead atoms. The molecule has 3 rings (SSSR count). The van der Waals surface area contributed by atoms with E-state index >= 15 is 0 Å². The first-order chi connectivity index (χ1) is 13.0. The fourth-order valence-corrected chi connectivity index (χ4v) is 2.67. The van der Waals surface area contributed by atoms with E-state index in [0.29, 0.717) is 23.0 Å². The second kappa shape index (κ2) is 7.36. The van der Waals surface area contributed by atoms with E-state index < -0.39 is 0 Å². The minimum Gasteiger partial charge on any atom is -0.502 e. The van der Waals surface area contributed by atoms with Crippen molar-refractivity contribution in [1.82, 2.24) is 14.5 Å². The number of phenols is 1. The van der Waals surface area contributed by atoms with Gasteiger partial charge in [-0.2, -0.15) is 4.98 Å². The summed E-state index contributed by atoms with van der Waals surface area (Å²) in [7, 11) is 2.91. The molecule has 0 fully saturated rings. The number of carbonyl (C=O) groups is 1. The van der Waals surface area contributed by atoms with E-state index in [4.69, 9.17) is 9.47 Å². The molecule has 27 heavy (non-hydrogen) atoms. The Bertz CT molecular complexity index is 972. The van der Waals surface area contributed by atoms with Crippen LogP contribution in [0.4, 0.5) is 11.6 Å². The van der Waals surface area contributed by atoms with Crippen LogP contribution in [0.5, 0.6) is 17.2 Å². The zero-order valence-electron chi connectivity index (χ0n) is 15.5. The van der Waals surface area contributed by atoms with Gasteiger partial charge in [-0.05, 0) is 19.4 Å². The van der Waals surface area contributed by atoms with Crippen molar-refractivity contribution in [3.63, 3.8) is 0 Å². The topological polar surface area (TPSA) is 98.5 Å². The highest BCUT2D eigenvalue weighted by Crippen LogP contribution is 2.39. The molecule has 0 spiro atoms. The minimum absolute atomic E-state index is 0.0831. The third-order valence-electron chi connectivity index (χ3n) is 4.12. The van der Waals surface area contributed by atoms with Gasteiger partial charge in [-0.25, -0.2) is 4.98 Å². The zero-order chi connectivity index (χ0) is 19.6. The number of ether oxygens (including phenoxy) is 2. The Morgan fingerprint density at radius 2 is 1.78 bits per heavy atom. The van der Waals surface area contributed by atoms with Crippen LogP contribution >= 0.6 is 0 Å². The number of carbonyl (C=O) groups excluding carboxylic acids is 1. The first kappa shape index (κ1) is 18.2. The number of aryl methyl sites for hydroxylation is 2. The van der Waals surface area contributed by atoms with E-state index in [9.17, 15) is 9.90 Å². The van der Waals surface area contributed by atoms with Crippen molar-refractivity contribution in [1.29, 1.82) is 0 Å². The maximum absolute atomic E-state index is 11.1. The molecule has 0 amide bonds. The van der Waals surface area contributed by atoms with Crippen molar-refractivity contribution in [3.8, 4) is 23.1 Å². The number of benzene rings is 1. The van der Waals surface area contributed by atoms with E-state index in [1.807, 2.05) is 20.0 Å². The van der Waals surface area contributed by atoms with Crippen molar-refractivity contribution >= 4 is 17.9 Å². The first-order valence-corrected chi connectivity index (χ1v) is 8.16. The summed E-state index contributed by atoms with van der Waals surface area (Å²) in [5.41, 5.74) is 2.92. The lowest BCUT2D eigenvalue weighted by molar-refractivity contribution is 0.112. The Morgan fingerprint density at radius 1 is 1.11 bits per heavy atom. The van der Waals surface area contributed by atoms with Crippen LogP contribution in [0.15, 0.2) is 30.7 Å². The fourth-order valence-electron chi connectivity index (χ4n) is 2.67. The van der Waals surface area contributed by atoms with Crippen LogP contribution in [-0.2, 0) is 0 Å². The number of anilines is 2. The van der Waals surface area contributed by atoms with Gasteiger partial charge in [0.15, 0.2) is 17.8 Å². The van der Waals surface area contributed by atoms with Gasteiger partial charge in [0.1, 0.15) is 5.82 Å². The molecule has 1 aromatic carbocycles. The monoisotopic (exact) mass is 368 g/mol. The minimum atomic E-state index is -0.0831. The second-order valence-electron chi connectivity index (χ2n) is 5.98. The largest absolute Gasteiger partial charge is 0.502 e. The van der Waals surface area contributed by atoms with Crippen LogP contribution in [-0.4, -0.2) is 40.1 Å². The number of hydrogen-bond acceptors (Lipinski definition) is 7. The van der Waals surface area contributed by atoms with Gasteiger partial charge in [0, 0.05) is 47.5 Å². The van der Waals surface area contributed by atoms with Crippen LogP contribution in [0.1, 0.15) is 21.5 Å². The summed E-state index contributed by atoms with van der Waals surface area (Å²) in [6.45, 7) is 3.76. The summed E-state index contributed by atoms with van der Waals surface area (Å²) in [4.78, 5) is 19.9. The number of rotatable bonds is 6. The summed E-state index contributed by atoms with van der Waals surface area (Å²) in [5.74, 6) is 1.45. The highest BCUT2D eigenvalue weighted by atomic mass is 16.5. The molecule has 0 aliphatic rings. The van der Waals surface area contributed by atoms with Crippen molar-refractivity contribution in [2.75, 3.05) is 19.5 Å². The third-order valence-corrected chi connectivity index (χ3v) is 4.12. The molecule has 0 unspecified atom stereocenters. The van der Waals surface area contributed by atoms with Crippen LogP contribution in [0.25, 0.3) is 5.82 Å². The highest BCUT2D eigenvalue weighted by molar-refractivity contribution is 5.77. The maximum Gasteiger partial charge on any atom is 0.229 e. The van der Waals surface area contributed by atoms with Gasteiger partial charge in [-0.3, -0.25) is 4.79 Å². The van der Waals surface area contributed by atoms with Crippen LogP contribution in [0.2, 0.25) is 0 Å². The lowest BCUT2D eigenvalue weighted by Crippen LogP contribution is -2.04. The van der Waals surface area contributed by atoms with E-state index in [0.717, 1.165) is 17.4 Å². The molecule has 2 N–H and O–H groups in total. The lowest BCUT2D eigenvalue weighted by atomic mass is 10.2. The summed E-state index contributed by atoms with van der Waals surface area (Å²) in [5, 5.41) is 13.1. The molecule has 3 aromatic rings. The van der Waals surface area contributed by atoms with Gasteiger partial charge in [0.05, 0.1) is 14.2 Å². The number of hydrogen-bond donors (Lipinski definition) is 2. The Morgan fingerprint density at radius 3 is 2.33 bits per heavy atom. The van der Waals surface area contributed by atoms with Crippen LogP contribution in [0, 0.1) is 13.8 Å². The average Bonchev–Trinajstić information content (AvgIpc) is 3.05. The number of phenolic OH excluding ortho intramolecular Hbond substituents is 1. The molecule has 0 aliphatic heterocycles. The molecule has 2 heterocycles. The average molecular weight is 368 g/mol. The molecule has 0 saturated carbocycles. The number of aromatic nitrogens is 3. The van der Waals surface area contributed by atoms with Gasteiger partial charge < -0.3 is 24.5 Å². The normalized spacial score (nSPS) is 10.5. The smallest absolute Gasteiger partial charge is 0.229 e. The van der Waals surface area contributed by atoms with Gasteiger partial charge >= 0.3 is 0 Å². The van der Waals surface area contributed by atoms with E-state index in [1.165, 1.54) is 14.2 Å². The van der Waals surface area contributed by atoms with E-state index in [-0.39, 0.29) is 17.2 Å². The third kappa shape index (κ3) is 3.55. The molecule has 8 nitrogen and oxygen atoms in total. The van der Waals surface area contributed by atoms with Crippen LogP contribution < -0.4 is 14.8 Å². The number of nitrogens with zero attached hydrogens (tertiary/aromatic N) is 3. The molecular formula is C19H20N4O4. The molecule has 0 saturated heterocycles. The fraction of sp³-hybridized carbons (Fsp3) is 0.211. The number of aldehydes is 1. The predicted molar refractivity (Wildman–Crippen MR) is 101 cm³/mol. The Balaban J connectivity index is 1.98. The summed E-state index contributed by atoms with van der Waals surface area (Å²) >= 11 is 0. The van der Waals surface area contributed by atoms with Crippen molar-refractivity contribution in [2.45, 2.75) is 13.8 Å². The summed E-state index contributed by atoms with van der Waals surface area (Å²) in [6.07, 6.45) is 6.08. The standard InChI is InChI=1S/C19H20N4O4/c1-11-7-20-19(22-18(11)23-8-12(2)13(9-23)10-24)21-14-5-15(26-3)17(25)16(6-14)27-4/h5-10,25H,1-4H3,(H,20,21,22). The van der Waals surface area contributed by atoms with Gasteiger partial charge in [-0.1, -0.05) is 0 Å². The summed E-state index contributed by atoms with van der Waals surface area (Å²) in [6, 6.07) is 3.23. The van der Waals surface area contributed by atoms with Gasteiger partial charge in [0.2, 0.25) is 11.7 Å². The molecule has 140 valence electrons. The Hall–Kier alpha value is -3.55. The molecule has 0 atom stereocenters. The van der Waals surface area contributed by atoms with Crippen molar-refractivity contribution in [3.05, 3.63) is 47.4 Å². The van der Waals surface area contributed by atoms with E-state index in [1.54, 1.807) is 29.1 Å². The quantitative estimate of drug-likeness (QED) is 0.509. The molecule has 0 radical (unpaired) electrons. The van der Waals surface area contributed by atoms with Gasteiger partial charge in [0.25, 0.3) is 0 Å². The van der Waals surface area contributed by atoms with Crippen molar-refractivity contribution < 1.29 is 19.4 Å². The SMILES string of the molecule is COc1cc(Nc2ncc(C)c(-n3cc(C)c(C=O)c3)n2)cc(OC)c1O. The van der Waals surface area contributed by atoms with Crippen molar-refractivity contribution in [2.24, 2.45) is 0 Å². The van der Waals surface area contributed by atoms with Crippen LogP contribution in [0.3, 0.4) is 0 Å². The highest BCUT2D eigenvalue weighted by Gasteiger charge is 2.13. The number of aromatic hydroxyl groups is 1. The second-order valence-corrected chi connectivity index (χ2v) is 5.98. The lowest BCUT2D eigenvalue weighted by Gasteiger charge is -2.13.